The van der Waals surface area contributed by atoms with Crippen molar-refractivity contribution in [2.75, 3.05) is 23.9 Å². The van der Waals surface area contributed by atoms with E-state index in [-0.39, 0.29) is 17.6 Å². The number of aliphatic imine (C=N–C) groups is 1. The van der Waals surface area contributed by atoms with E-state index in [1.807, 2.05) is 12.1 Å². The summed E-state index contributed by atoms with van der Waals surface area (Å²) in [7, 11) is 0. The van der Waals surface area contributed by atoms with E-state index in [1.54, 1.807) is 18.5 Å². The average Bonchev–Trinajstić information content (AvgIpc) is 2.61. The summed E-state index contributed by atoms with van der Waals surface area (Å²) in [6.45, 7) is 5.54. The highest BCUT2D eigenvalue weighted by Gasteiger charge is 2.24. The van der Waals surface area contributed by atoms with Gasteiger partial charge in [0.2, 0.25) is 0 Å². The zero-order chi connectivity index (χ0) is 16.7. The maximum absolute atomic E-state index is 11.6. The first kappa shape index (κ1) is 17.2. The highest BCUT2D eigenvalue weighted by atomic mass is 35.5. The van der Waals surface area contributed by atoms with Gasteiger partial charge in [0.05, 0.1) is 11.6 Å². The molecule has 0 radical (unpaired) electrons. The van der Waals surface area contributed by atoms with E-state index in [0.717, 1.165) is 37.3 Å². The van der Waals surface area contributed by atoms with E-state index in [4.69, 9.17) is 17.3 Å². The van der Waals surface area contributed by atoms with Crippen molar-refractivity contribution in [3.63, 3.8) is 0 Å². The maximum atomic E-state index is 11.6. The minimum atomic E-state index is 0.0905. The molecule has 1 aromatic rings. The molecular weight excluding hydrogens is 312 g/mol. The lowest BCUT2D eigenvalue weighted by Gasteiger charge is -2.31. The molecule has 1 aliphatic rings. The second-order valence-electron chi connectivity index (χ2n) is 5.38. The van der Waals surface area contributed by atoms with Gasteiger partial charge in [0, 0.05) is 37.0 Å². The summed E-state index contributed by atoms with van der Waals surface area (Å²) in [6, 6.07) is 3.91. The number of allylic oxidation sites excluding steroid dienone is 1. The molecule has 0 aliphatic carbocycles. The van der Waals surface area contributed by atoms with Crippen molar-refractivity contribution in [1.82, 2.24) is 4.98 Å². The fraction of sp³-hybridized carbons (Fsp3) is 0.353. The third-order valence-corrected chi connectivity index (χ3v) is 4.18. The van der Waals surface area contributed by atoms with Crippen LogP contribution in [0.25, 0.3) is 5.70 Å². The topological polar surface area (TPSA) is 71.6 Å². The number of piperidine rings is 1. The number of ketones is 1. The van der Waals surface area contributed by atoms with Crippen LogP contribution in [0, 0.1) is 5.92 Å². The molecule has 6 heteroatoms. The molecule has 0 aromatic carbocycles. The summed E-state index contributed by atoms with van der Waals surface area (Å²) in [5.74, 6) is 1.26. The van der Waals surface area contributed by atoms with E-state index >= 15 is 0 Å². The molecule has 23 heavy (non-hydrogen) atoms. The predicted molar refractivity (Wildman–Crippen MR) is 95.8 cm³/mol. The standard InChI is InChI=1S/C17H21ClN4O/c1-13(20-8-2-7-19)15-3-4-17(21-12-15)22-9-5-14(6-10-22)16(23)11-18/h2-4,7-8,12,14H,1,5-6,9-11,19H2/b7-2-,20-8?. The minimum Gasteiger partial charge on any atom is -0.405 e. The van der Waals surface area contributed by atoms with Crippen LogP contribution in [0.3, 0.4) is 0 Å². The average molecular weight is 333 g/mol. The molecule has 0 atom stereocenters. The zero-order valence-electron chi connectivity index (χ0n) is 13.0. The Hall–Kier alpha value is -2.14. The van der Waals surface area contributed by atoms with E-state index in [9.17, 15) is 4.79 Å². The van der Waals surface area contributed by atoms with Crippen LogP contribution in [0.4, 0.5) is 5.82 Å². The summed E-state index contributed by atoms with van der Waals surface area (Å²) >= 11 is 5.62. The number of alkyl halides is 1. The summed E-state index contributed by atoms with van der Waals surface area (Å²) in [5.41, 5.74) is 6.74. The molecule has 0 spiro atoms. The van der Waals surface area contributed by atoms with Crippen LogP contribution in [-0.2, 0) is 4.79 Å². The number of rotatable bonds is 6. The number of nitrogens with zero attached hydrogens (tertiary/aromatic N) is 3. The van der Waals surface area contributed by atoms with E-state index in [1.165, 1.54) is 6.20 Å². The third-order valence-electron chi connectivity index (χ3n) is 3.91. The van der Waals surface area contributed by atoms with Crippen LogP contribution in [0.15, 0.2) is 42.2 Å². The molecular formula is C17H21ClN4O. The van der Waals surface area contributed by atoms with Gasteiger partial charge < -0.3 is 10.6 Å². The van der Waals surface area contributed by atoms with Crippen molar-refractivity contribution in [2.24, 2.45) is 16.6 Å². The number of aromatic nitrogens is 1. The Balaban J connectivity index is 1.95. The Labute approximate surface area is 141 Å². The number of pyridine rings is 1. The molecule has 2 heterocycles. The molecule has 0 saturated carbocycles. The molecule has 0 amide bonds. The maximum Gasteiger partial charge on any atom is 0.150 e. The number of hydrogen-bond donors (Lipinski definition) is 1. The molecule has 0 unspecified atom stereocenters. The molecule has 1 aromatic heterocycles. The van der Waals surface area contributed by atoms with Gasteiger partial charge in [-0.1, -0.05) is 6.58 Å². The zero-order valence-corrected chi connectivity index (χ0v) is 13.7. The number of Topliss-reactive ketones (excluding diaryl/α,β-unsaturated/α-hetero) is 1. The number of carbonyl (C=O) groups is 1. The van der Waals surface area contributed by atoms with Crippen LogP contribution in [-0.4, -0.2) is 36.0 Å². The molecule has 2 N–H and O–H groups in total. The number of nitrogens with two attached hydrogens (primary N) is 1. The van der Waals surface area contributed by atoms with E-state index < -0.39 is 0 Å². The van der Waals surface area contributed by atoms with Gasteiger partial charge in [0.25, 0.3) is 0 Å². The molecule has 1 fully saturated rings. The number of hydrogen-bond acceptors (Lipinski definition) is 5. The molecule has 1 saturated heterocycles. The number of carbonyl (C=O) groups excluding carboxylic acids is 1. The van der Waals surface area contributed by atoms with Gasteiger partial charge in [-0.3, -0.25) is 9.79 Å². The summed E-state index contributed by atoms with van der Waals surface area (Å²) in [6.07, 6.45) is 8.07. The lowest BCUT2D eigenvalue weighted by Crippen LogP contribution is -2.37. The highest BCUT2D eigenvalue weighted by molar-refractivity contribution is 6.27. The van der Waals surface area contributed by atoms with E-state index in [0.29, 0.717) is 5.70 Å². The first-order chi connectivity index (χ1) is 11.2. The molecule has 122 valence electrons. The fourth-order valence-corrected chi connectivity index (χ4v) is 2.76. The lowest BCUT2D eigenvalue weighted by molar-refractivity contribution is -0.120. The van der Waals surface area contributed by atoms with Crippen molar-refractivity contribution in [3.8, 4) is 0 Å². The smallest absolute Gasteiger partial charge is 0.150 e. The van der Waals surface area contributed by atoms with Crippen LogP contribution in [0.1, 0.15) is 18.4 Å². The number of anilines is 1. The van der Waals surface area contributed by atoms with Crippen LogP contribution < -0.4 is 10.6 Å². The Morgan fingerprint density at radius 2 is 2.22 bits per heavy atom. The van der Waals surface area contributed by atoms with Gasteiger partial charge in [0.15, 0.2) is 5.78 Å². The summed E-state index contributed by atoms with van der Waals surface area (Å²) in [4.78, 5) is 22.5. The van der Waals surface area contributed by atoms with E-state index in [2.05, 4.69) is 21.5 Å². The quantitative estimate of drug-likeness (QED) is 0.642. The molecule has 0 bridgehead atoms. The number of halogens is 1. The lowest BCUT2D eigenvalue weighted by atomic mass is 9.93. The van der Waals surface area contributed by atoms with Gasteiger partial charge in [-0.2, -0.15) is 0 Å². The molecule has 1 aliphatic heterocycles. The predicted octanol–water partition coefficient (Wildman–Crippen LogP) is 2.62. The second-order valence-corrected chi connectivity index (χ2v) is 5.64. The monoisotopic (exact) mass is 332 g/mol. The van der Waals surface area contributed by atoms with Gasteiger partial charge >= 0.3 is 0 Å². The largest absolute Gasteiger partial charge is 0.405 e. The van der Waals surface area contributed by atoms with Crippen molar-refractivity contribution in [1.29, 1.82) is 0 Å². The van der Waals surface area contributed by atoms with Crippen molar-refractivity contribution < 1.29 is 4.79 Å². The third kappa shape index (κ3) is 4.66. The Morgan fingerprint density at radius 3 is 2.78 bits per heavy atom. The van der Waals surface area contributed by atoms with Crippen molar-refractivity contribution >= 4 is 35.1 Å². The highest BCUT2D eigenvalue weighted by Crippen LogP contribution is 2.24. The van der Waals surface area contributed by atoms with Gasteiger partial charge in [0.1, 0.15) is 5.82 Å². The van der Waals surface area contributed by atoms with Crippen molar-refractivity contribution in [2.45, 2.75) is 12.8 Å². The van der Waals surface area contributed by atoms with Crippen LogP contribution >= 0.6 is 11.6 Å². The minimum absolute atomic E-state index is 0.0905. The molecule has 2 rings (SSSR count). The van der Waals surface area contributed by atoms with Gasteiger partial charge in [-0.15, -0.1) is 11.6 Å². The van der Waals surface area contributed by atoms with Crippen molar-refractivity contribution in [3.05, 3.63) is 42.7 Å². The fourth-order valence-electron chi connectivity index (χ4n) is 2.54. The first-order valence-corrected chi connectivity index (χ1v) is 8.09. The Morgan fingerprint density at radius 1 is 1.48 bits per heavy atom. The normalized spacial score (nSPS) is 16.3. The van der Waals surface area contributed by atoms with Crippen LogP contribution in [0.5, 0.6) is 0 Å². The SMILES string of the molecule is C=C(N=C/C=C\N)c1ccc(N2CCC(C(=O)CCl)CC2)nc1. The Bertz CT molecular complexity index is 602. The Kier molecular flexibility index (Phi) is 6.35. The summed E-state index contributed by atoms with van der Waals surface area (Å²) in [5, 5.41) is 0. The first-order valence-electron chi connectivity index (χ1n) is 7.55. The van der Waals surface area contributed by atoms with Gasteiger partial charge in [-0.25, -0.2) is 4.98 Å². The van der Waals surface area contributed by atoms with Crippen LogP contribution in [0.2, 0.25) is 0 Å². The van der Waals surface area contributed by atoms with Gasteiger partial charge in [-0.05, 0) is 37.3 Å². The summed E-state index contributed by atoms with van der Waals surface area (Å²) < 4.78 is 0. The second kappa shape index (κ2) is 8.48. The molecule has 5 nitrogen and oxygen atoms in total.